The second-order valence-corrected chi connectivity index (χ2v) is 9.35. The Morgan fingerprint density at radius 3 is 2.45 bits per heavy atom. The zero-order valence-electron chi connectivity index (χ0n) is 17.1. The third-order valence-electron chi connectivity index (χ3n) is 5.23. The molecule has 1 aliphatic heterocycles. The predicted molar refractivity (Wildman–Crippen MR) is 125 cm³/mol. The number of benzene rings is 2. The van der Waals surface area contributed by atoms with E-state index in [4.69, 9.17) is 0 Å². The molecule has 1 unspecified atom stereocenters. The molecule has 1 heterocycles. The molecule has 1 fully saturated rings. The summed E-state index contributed by atoms with van der Waals surface area (Å²) in [5, 5.41) is 8.73. The number of nitrogens with zero attached hydrogens (tertiary/aromatic N) is 1. The largest absolute Gasteiger partial charge is 0.323 e. The van der Waals surface area contributed by atoms with E-state index in [1.807, 2.05) is 12.1 Å². The van der Waals surface area contributed by atoms with Gasteiger partial charge in [0, 0.05) is 30.2 Å². The number of carbonyl (C=O) groups is 1. The van der Waals surface area contributed by atoms with Crippen LogP contribution < -0.4 is 10.6 Å². The molecule has 2 aromatic rings. The molecule has 4 nitrogen and oxygen atoms in total. The Balaban J connectivity index is 1.48. The first kappa shape index (κ1) is 21.5. The average Bonchev–Trinajstić information content (AvgIpc) is 2.77. The monoisotopic (exact) mass is 409 g/mol. The lowest BCUT2D eigenvalue weighted by molar-refractivity contribution is -0.111. The van der Waals surface area contributed by atoms with Crippen LogP contribution in [-0.2, 0) is 11.3 Å². The summed E-state index contributed by atoms with van der Waals surface area (Å²) in [6.45, 7) is 9.92. The van der Waals surface area contributed by atoms with Gasteiger partial charge >= 0.3 is 0 Å². The number of piperidine rings is 1. The van der Waals surface area contributed by atoms with Crippen molar-refractivity contribution in [3.8, 4) is 0 Å². The van der Waals surface area contributed by atoms with Gasteiger partial charge in [0.1, 0.15) is 0 Å². The highest BCUT2D eigenvalue weighted by atomic mass is 32.2. The van der Waals surface area contributed by atoms with E-state index in [1.54, 1.807) is 0 Å². The molecule has 154 valence electrons. The van der Waals surface area contributed by atoms with Crippen LogP contribution in [0.3, 0.4) is 0 Å². The molecule has 1 atom stereocenters. The van der Waals surface area contributed by atoms with Gasteiger partial charge in [0.2, 0.25) is 5.91 Å². The van der Waals surface area contributed by atoms with Gasteiger partial charge in [0.05, 0.1) is 0 Å². The van der Waals surface area contributed by atoms with Crippen molar-refractivity contribution >= 4 is 27.6 Å². The van der Waals surface area contributed by atoms with Crippen molar-refractivity contribution in [3.63, 3.8) is 0 Å². The van der Waals surface area contributed by atoms with Crippen molar-refractivity contribution in [2.75, 3.05) is 25.0 Å². The Morgan fingerprint density at radius 1 is 1.14 bits per heavy atom. The second kappa shape index (κ2) is 11.1. The van der Waals surface area contributed by atoms with Crippen LogP contribution >= 0.6 is 10.7 Å². The van der Waals surface area contributed by atoms with Crippen LogP contribution in [0.15, 0.2) is 72.1 Å². The third-order valence-corrected chi connectivity index (χ3v) is 7.35. The van der Waals surface area contributed by atoms with E-state index < -0.39 is 0 Å². The average molecular weight is 410 g/mol. The molecule has 0 spiro atoms. The third kappa shape index (κ3) is 6.39. The van der Waals surface area contributed by atoms with Crippen molar-refractivity contribution in [3.05, 3.63) is 72.8 Å². The Hall–Kier alpha value is -2.21. The topological polar surface area (TPSA) is 44.4 Å². The maximum atomic E-state index is 11.4. The number of amides is 1. The van der Waals surface area contributed by atoms with E-state index >= 15 is 0 Å². The van der Waals surface area contributed by atoms with Crippen LogP contribution in [0.4, 0.5) is 5.69 Å². The smallest absolute Gasteiger partial charge is 0.247 e. The zero-order chi connectivity index (χ0) is 20.5. The van der Waals surface area contributed by atoms with Crippen molar-refractivity contribution in [1.29, 1.82) is 0 Å². The minimum Gasteiger partial charge on any atom is -0.323 e. The summed E-state index contributed by atoms with van der Waals surface area (Å²) in [4.78, 5) is 12.7. The molecular weight excluding hydrogens is 378 g/mol. The van der Waals surface area contributed by atoms with Crippen LogP contribution in [-0.4, -0.2) is 35.2 Å². The molecule has 0 saturated carbocycles. The Morgan fingerprint density at radius 2 is 1.83 bits per heavy atom. The first-order valence-corrected chi connectivity index (χ1v) is 11.5. The summed E-state index contributed by atoms with van der Waals surface area (Å²) in [6, 6.07) is 18.8. The Labute approximate surface area is 177 Å². The summed E-state index contributed by atoms with van der Waals surface area (Å²) in [6.07, 6.45) is 3.75. The van der Waals surface area contributed by atoms with Gasteiger partial charge in [0.15, 0.2) is 0 Å². The number of carbonyl (C=O) groups excluding carboxylic acids is 1. The maximum absolute atomic E-state index is 11.4. The van der Waals surface area contributed by atoms with Gasteiger partial charge in [-0.3, -0.25) is 9.10 Å². The SMILES string of the molecule is C=CC(=O)Nc1ccc(S(=CC)N2CCC(CNCc3ccccc3)CC2)cc1. The van der Waals surface area contributed by atoms with Gasteiger partial charge in [0.25, 0.3) is 0 Å². The number of hydrogen-bond acceptors (Lipinski definition) is 3. The summed E-state index contributed by atoms with van der Waals surface area (Å²) in [7, 11) is 0.000692. The standard InChI is InChI=1S/C24H31N3OS/c1-3-24(28)26-22-10-12-23(13-11-22)29(4-2)27-16-14-21(15-17-27)19-25-18-20-8-6-5-7-9-20/h3-13,21,25H,1,14-19H2,2H3,(H,26,28). The fourth-order valence-electron chi connectivity index (χ4n) is 3.63. The number of rotatable bonds is 8. The predicted octanol–water partition coefficient (Wildman–Crippen LogP) is 4.68. The van der Waals surface area contributed by atoms with Gasteiger partial charge in [-0.2, -0.15) is 0 Å². The van der Waals surface area contributed by atoms with Gasteiger partial charge < -0.3 is 10.6 Å². The quantitative estimate of drug-likeness (QED) is 0.492. The van der Waals surface area contributed by atoms with Crippen molar-refractivity contribution < 1.29 is 4.79 Å². The van der Waals surface area contributed by atoms with Crippen LogP contribution in [0.1, 0.15) is 25.3 Å². The number of hydrogen-bond donors (Lipinski definition) is 2. The summed E-state index contributed by atoms with van der Waals surface area (Å²) < 4.78 is 2.59. The normalized spacial score (nSPS) is 16.4. The van der Waals surface area contributed by atoms with E-state index in [9.17, 15) is 4.79 Å². The van der Waals surface area contributed by atoms with E-state index in [2.05, 4.69) is 76.3 Å². The maximum Gasteiger partial charge on any atom is 0.247 e. The fourth-order valence-corrected chi connectivity index (χ4v) is 5.52. The molecule has 1 amide bonds. The molecule has 3 rings (SSSR count). The molecule has 5 heteroatoms. The first-order valence-electron chi connectivity index (χ1n) is 10.3. The van der Waals surface area contributed by atoms with Crippen LogP contribution in [0.5, 0.6) is 0 Å². The highest BCUT2D eigenvalue weighted by Crippen LogP contribution is 2.34. The second-order valence-electron chi connectivity index (χ2n) is 7.26. The lowest BCUT2D eigenvalue weighted by Crippen LogP contribution is -2.34. The lowest BCUT2D eigenvalue weighted by Gasteiger charge is -2.34. The molecule has 1 aliphatic rings. The number of anilines is 1. The van der Waals surface area contributed by atoms with E-state index in [0.717, 1.165) is 37.8 Å². The van der Waals surface area contributed by atoms with Gasteiger partial charge in [-0.25, -0.2) is 0 Å². The molecule has 0 aliphatic carbocycles. The Kier molecular flexibility index (Phi) is 8.23. The fraction of sp³-hybridized carbons (Fsp3) is 0.333. The molecule has 0 radical (unpaired) electrons. The minimum absolute atomic E-state index is 0.000692. The molecule has 2 N–H and O–H groups in total. The van der Waals surface area contributed by atoms with Crippen LogP contribution in [0, 0.1) is 5.92 Å². The zero-order valence-corrected chi connectivity index (χ0v) is 18.0. The highest BCUT2D eigenvalue weighted by Gasteiger charge is 2.21. The molecule has 0 bridgehead atoms. The molecule has 1 saturated heterocycles. The molecular formula is C24H31N3OS. The summed E-state index contributed by atoms with van der Waals surface area (Å²) in [5.41, 5.74) is 2.15. The van der Waals surface area contributed by atoms with Crippen LogP contribution in [0.2, 0.25) is 0 Å². The van der Waals surface area contributed by atoms with Gasteiger partial charge in [-0.15, -0.1) is 0 Å². The molecule has 2 aromatic carbocycles. The number of nitrogens with one attached hydrogen (secondary N) is 2. The Bertz CT molecular complexity index is 825. The van der Waals surface area contributed by atoms with Gasteiger partial charge in [-0.05, 0) is 73.5 Å². The van der Waals surface area contributed by atoms with E-state index in [0.29, 0.717) is 0 Å². The van der Waals surface area contributed by atoms with Crippen LogP contribution in [0.25, 0.3) is 0 Å². The summed E-state index contributed by atoms with van der Waals surface area (Å²) >= 11 is 0. The lowest BCUT2D eigenvalue weighted by atomic mass is 9.98. The first-order chi connectivity index (χ1) is 14.2. The highest BCUT2D eigenvalue weighted by molar-refractivity contribution is 8.13. The van der Waals surface area contributed by atoms with Crippen molar-refractivity contribution in [1.82, 2.24) is 9.62 Å². The van der Waals surface area contributed by atoms with Crippen molar-refractivity contribution in [2.45, 2.75) is 31.2 Å². The van der Waals surface area contributed by atoms with E-state index in [-0.39, 0.29) is 16.6 Å². The van der Waals surface area contributed by atoms with Gasteiger partial charge in [-0.1, -0.05) is 47.6 Å². The van der Waals surface area contributed by atoms with E-state index in [1.165, 1.54) is 29.4 Å². The molecule has 29 heavy (non-hydrogen) atoms. The van der Waals surface area contributed by atoms with Crippen molar-refractivity contribution in [2.24, 2.45) is 5.92 Å². The molecule has 0 aromatic heterocycles. The minimum atomic E-state index is -0.179. The summed E-state index contributed by atoms with van der Waals surface area (Å²) in [5.74, 6) is 0.565.